The van der Waals surface area contributed by atoms with Crippen molar-refractivity contribution in [3.05, 3.63) is 17.0 Å². The highest BCUT2D eigenvalue weighted by molar-refractivity contribution is 5.25. The minimum Gasteiger partial charge on any atom is -0.361 e. The van der Waals surface area contributed by atoms with Crippen LogP contribution in [0, 0.1) is 13.8 Å². The Morgan fingerprint density at radius 3 is 2.65 bits per heavy atom. The van der Waals surface area contributed by atoms with Crippen molar-refractivity contribution in [3.8, 4) is 0 Å². The van der Waals surface area contributed by atoms with Crippen LogP contribution in [0.1, 0.15) is 63.6 Å². The van der Waals surface area contributed by atoms with Gasteiger partial charge in [-0.3, -0.25) is 4.90 Å². The lowest BCUT2D eigenvalue weighted by molar-refractivity contribution is 0.0487. The zero-order chi connectivity index (χ0) is 14.9. The van der Waals surface area contributed by atoms with Gasteiger partial charge in [-0.15, -0.1) is 0 Å². The number of rotatable bonds is 4. The van der Waals surface area contributed by atoms with Gasteiger partial charge in [0.2, 0.25) is 0 Å². The summed E-state index contributed by atoms with van der Waals surface area (Å²) in [5, 5.41) is 7.85. The molecule has 1 aromatic heterocycles. The molecular weight excluding hydrogens is 250 g/mol. The van der Waals surface area contributed by atoms with E-state index in [1.807, 2.05) is 13.8 Å². The summed E-state index contributed by atoms with van der Waals surface area (Å²) in [4.78, 5) is 2.63. The van der Waals surface area contributed by atoms with Crippen molar-refractivity contribution >= 4 is 0 Å². The zero-order valence-electron chi connectivity index (χ0n) is 13.8. The van der Waals surface area contributed by atoms with E-state index in [4.69, 9.17) is 4.52 Å². The fourth-order valence-electron chi connectivity index (χ4n) is 3.39. The van der Waals surface area contributed by atoms with Gasteiger partial charge in [0.05, 0.1) is 5.69 Å². The molecule has 1 fully saturated rings. The average Bonchev–Trinajstić information content (AvgIpc) is 2.77. The van der Waals surface area contributed by atoms with E-state index in [0.29, 0.717) is 12.1 Å². The number of aryl methyl sites for hydroxylation is 2. The number of piperazine rings is 1. The molecule has 20 heavy (non-hydrogen) atoms. The van der Waals surface area contributed by atoms with E-state index < -0.39 is 0 Å². The third kappa shape index (κ3) is 2.77. The highest BCUT2D eigenvalue weighted by Gasteiger charge is 2.37. The molecule has 3 unspecified atom stereocenters. The van der Waals surface area contributed by atoms with Crippen LogP contribution < -0.4 is 5.32 Å². The fourth-order valence-corrected chi connectivity index (χ4v) is 3.39. The minimum atomic E-state index is 0.207. The Morgan fingerprint density at radius 2 is 2.15 bits per heavy atom. The normalized spacial score (nSPS) is 29.6. The quantitative estimate of drug-likeness (QED) is 0.919. The second-order valence-corrected chi connectivity index (χ2v) is 6.44. The lowest BCUT2D eigenvalue weighted by Gasteiger charge is -2.48. The average molecular weight is 279 g/mol. The van der Waals surface area contributed by atoms with Gasteiger partial charge >= 0.3 is 0 Å². The maximum absolute atomic E-state index is 5.36. The maximum atomic E-state index is 5.36. The molecule has 1 aromatic rings. The van der Waals surface area contributed by atoms with E-state index in [9.17, 15) is 0 Å². The van der Waals surface area contributed by atoms with E-state index in [0.717, 1.165) is 31.0 Å². The summed E-state index contributed by atoms with van der Waals surface area (Å²) in [6.07, 6.45) is 2.31. The number of nitrogens with zero attached hydrogens (tertiary/aromatic N) is 2. The van der Waals surface area contributed by atoms with E-state index in [-0.39, 0.29) is 5.54 Å². The maximum Gasteiger partial charge on any atom is 0.138 e. The van der Waals surface area contributed by atoms with Crippen molar-refractivity contribution in [2.75, 3.05) is 13.1 Å². The summed E-state index contributed by atoms with van der Waals surface area (Å²) >= 11 is 0. The zero-order valence-corrected chi connectivity index (χ0v) is 13.8. The molecule has 0 saturated carbocycles. The summed E-state index contributed by atoms with van der Waals surface area (Å²) in [6, 6.07) is 0.942. The van der Waals surface area contributed by atoms with Gasteiger partial charge in [-0.1, -0.05) is 19.0 Å². The van der Waals surface area contributed by atoms with Crippen molar-refractivity contribution in [2.45, 2.75) is 72.0 Å². The van der Waals surface area contributed by atoms with Crippen LogP contribution in [0.2, 0.25) is 0 Å². The predicted octanol–water partition coefficient (Wildman–Crippen LogP) is 3.20. The fraction of sp³-hybridized carbons (Fsp3) is 0.812. The van der Waals surface area contributed by atoms with Gasteiger partial charge in [-0.25, -0.2) is 0 Å². The van der Waals surface area contributed by atoms with Crippen LogP contribution in [0.4, 0.5) is 0 Å². The molecule has 0 spiro atoms. The summed E-state index contributed by atoms with van der Waals surface area (Å²) in [5.41, 5.74) is 2.50. The third-order valence-corrected chi connectivity index (χ3v) is 5.02. The molecular formula is C16H29N3O. The van der Waals surface area contributed by atoms with Gasteiger partial charge in [0.1, 0.15) is 5.76 Å². The first kappa shape index (κ1) is 15.5. The number of nitrogens with one attached hydrogen (secondary N) is 1. The largest absolute Gasteiger partial charge is 0.361 e. The molecule has 1 aliphatic heterocycles. The van der Waals surface area contributed by atoms with Crippen molar-refractivity contribution in [3.63, 3.8) is 0 Å². The van der Waals surface area contributed by atoms with Crippen LogP contribution in [0.3, 0.4) is 0 Å². The Morgan fingerprint density at radius 1 is 1.45 bits per heavy atom. The molecule has 1 saturated heterocycles. The summed E-state index contributed by atoms with van der Waals surface area (Å²) in [7, 11) is 0. The first-order valence-corrected chi connectivity index (χ1v) is 7.85. The van der Waals surface area contributed by atoms with Crippen molar-refractivity contribution in [1.82, 2.24) is 15.4 Å². The van der Waals surface area contributed by atoms with Crippen molar-refractivity contribution < 1.29 is 4.52 Å². The standard InChI is InChI=1S/C16H29N3O/c1-7-14-9-17-16(6,8-2)10-19(14)12(4)15-11(3)18-20-13(15)5/h12,14,17H,7-10H2,1-6H3. The second kappa shape index (κ2) is 5.86. The number of aromatic nitrogens is 1. The third-order valence-electron chi connectivity index (χ3n) is 5.02. The number of hydrogen-bond acceptors (Lipinski definition) is 4. The molecule has 3 atom stereocenters. The second-order valence-electron chi connectivity index (χ2n) is 6.44. The molecule has 0 aliphatic carbocycles. The van der Waals surface area contributed by atoms with Crippen LogP contribution in [0.25, 0.3) is 0 Å². The van der Waals surface area contributed by atoms with E-state index >= 15 is 0 Å². The SMILES string of the molecule is CCC1CNC(C)(CC)CN1C(C)c1c(C)noc1C. The lowest BCUT2D eigenvalue weighted by atomic mass is 9.90. The molecule has 1 aliphatic rings. The first-order valence-electron chi connectivity index (χ1n) is 7.85. The molecule has 0 amide bonds. The topological polar surface area (TPSA) is 41.3 Å². The Labute approximate surface area is 122 Å². The smallest absolute Gasteiger partial charge is 0.138 e. The first-order chi connectivity index (χ1) is 9.41. The van der Waals surface area contributed by atoms with E-state index in [1.54, 1.807) is 0 Å². The molecule has 1 N–H and O–H groups in total. The van der Waals surface area contributed by atoms with Crippen LogP contribution in [0.15, 0.2) is 4.52 Å². The Kier molecular flexibility index (Phi) is 4.55. The lowest BCUT2D eigenvalue weighted by Crippen LogP contribution is -2.62. The van der Waals surface area contributed by atoms with Crippen LogP contribution in [0.5, 0.6) is 0 Å². The molecule has 0 bridgehead atoms. The highest BCUT2D eigenvalue weighted by atomic mass is 16.5. The predicted molar refractivity (Wildman–Crippen MR) is 81.9 cm³/mol. The van der Waals surface area contributed by atoms with E-state index in [2.05, 4.69) is 43.1 Å². The van der Waals surface area contributed by atoms with E-state index in [1.165, 1.54) is 12.0 Å². The van der Waals surface area contributed by atoms with Crippen LogP contribution in [-0.4, -0.2) is 34.7 Å². The highest BCUT2D eigenvalue weighted by Crippen LogP contribution is 2.32. The van der Waals surface area contributed by atoms with Gasteiger partial charge < -0.3 is 9.84 Å². The van der Waals surface area contributed by atoms with Crippen LogP contribution >= 0.6 is 0 Å². The molecule has 2 heterocycles. The monoisotopic (exact) mass is 279 g/mol. The molecule has 114 valence electrons. The Balaban J connectivity index is 2.27. The van der Waals surface area contributed by atoms with Crippen molar-refractivity contribution in [2.24, 2.45) is 0 Å². The van der Waals surface area contributed by atoms with Gasteiger partial charge in [-0.05, 0) is 40.5 Å². The van der Waals surface area contributed by atoms with Crippen molar-refractivity contribution in [1.29, 1.82) is 0 Å². The summed E-state index contributed by atoms with van der Waals surface area (Å²) in [6.45, 7) is 15.4. The number of hydrogen-bond donors (Lipinski definition) is 1. The molecule has 4 nitrogen and oxygen atoms in total. The van der Waals surface area contributed by atoms with Gasteiger partial charge in [0.15, 0.2) is 0 Å². The van der Waals surface area contributed by atoms with Gasteiger partial charge in [0, 0.05) is 36.3 Å². The van der Waals surface area contributed by atoms with Gasteiger partial charge in [0.25, 0.3) is 0 Å². The minimum absolute atomic E-state index is 0.207. The Hall–Kier alpha value is -0.870. The molecule has 0 radical (unpaired) electrons. The molecule has 4 heteroatoms. The summed E-state index contributed by atoms with van der Waals surface area (Å²) < 4.78 is 5.36. The summed E-state index contributed by atoms with van der Waals surface area (Å²) in [5.74, 6) is 0.960. The Bertz CT molecular complexity index is 437. The van der Waals surface area contributed by atoms with Crippen LogP contribution in [-0.2, 0) is 0 Å². The molecule has 0 aromatic carbocycles. The van der Waals surface area contributed by atoms with Gasteiger partial charge in [-0.2, -0.15) is 0 Å². The molecule has 2 rings (SSSR count).